The summed E-state index contributed by atoms with van der Waals surface area (Å²) < 4.78 is 19.0. The van der Waals surface area contributed by atoms with Crippen molar-refractivity contribution in [3.05, 3.63) is 60.0 Å². The fourth-order valence-corrected chi connectivity index (χ4v) is 3.18. The second-order valence-electron chi connectivity index (χ2n) is 6.44. The zero-order valence-corrected chi connectivity index (χ0v) is 14.2. The quantitative estimate of drug-likeness (QED) is 0.715. The number of halogens is 1. The molecule has 4 rings (SSSR count). The van der Waals surface area contributed by atoms with E-state index in [9.17, 15) is 9.18 Å². The maximum atomic E-state index is 13.5. The third kappa shape index (κ3) is 3.55. The van der Waals surface area contributed by atoms with E-state index in [-0.39, 0.29) is 11.7 Å². The maximum Gasteiger partial charge on any atom is 0.257 e. The second kappa shape index (κ2) is 7.17. The summed E-state index contributed by atoms with van der Waals surface area (Å²) in [4.78, 5) is 12.1. The predicted molar refractivity (Wildman–Crippen MR) is 101 cm³/mol. The molecular weight excluding hydrogens is 333 g/mol. The molecule has 2 aliphatic heterocycles. The molecule has 0 aromatic heterocycles. The lowest BCUT2D eigenvalue weighted by Crippen LogP contribution is -2.18. The van der Waals surface area contributed by atoms with Crippen LogP contribution >= 0.6 is 0 Å². The van der Waals surface area contributed by atoms with Crippen molar-refractivity contribution >= 4 is 28.5 Å². The average Bonchev–Trinajstić information content (AvgIpc) is 3.26. The van der Waals surface area contributed by atoms with Gasteiger partial charge in [0.2, 0.25) is 0 Å². The Balaban J connectivity index is 1.41. The zero-order valence-electron chi connectivity index (χ0n) is 14.2. The van der Waals surface area contributed by atoms with Crippen LogP contribution in [0.15, 0.2) is 48.7 Å². The highest BCUT2D eigenvalue weighted by atomic mass is 19.1. The Kier molecular flexibility index (Phi) is 4.58. The first kappa shape index (κ1) is 16.6. The van der Waals surface area contributed by atoms with Crippen LogP contribution in [-0.4, -0.2) is 25.2 Å². The Morgan fingerprint density at radius 1 is 1.19 bits per heavy atom. The van der Waals surface area contributed by atoms with E-state index >= 15 is 0 Å². The minimum atomic E-state index is -0.368. The third-order valence-corrected chi connectivity index (χ3v) is 4.59. The van der Waals surface area contributed by atoms with Crippen LogP contribution in [-0.2, 0) is 9.53 Å². The van der Waals surface area contributed by atoms with Crippen LogP contribution in [0, 0.1) is 5.82 Å². The summed E-state index contributed by atoms with van der Waals surface area (Å²) in [5, 5.41) is 9.20. The van der Waals surface area contributed by atoms with Gasteiger partial charge in [0.05, 0.1) is 11.7 Å². The summed E-state index contributed by atoms with van der Waals surface area (Å²) >= 11 is 0. The molecule has 2 aromatic carbocycles. The monoisotopic (exact) mass is 353 g/mol. The van der Waals surface area contributed by atoms with Crippen LogP contribution in [0.4, 0.5) is 21.5 Å². The van der Waals surface area contributed by atoms with Gasteiger partial charge in [-0.15, -0.1) is 0 Å². The molecule has 0 bridgehead atoms. The molecule has 2 heterocycles. The molecule has 1 unspecified atom stereocenters. The topological polar surface area (TPSA) is 62.4 Å². The van der Waals surface area contributed by atoms with E-state index in [0.717, 1.165) is 37.4 Å². The number of hydrogen-bond acceptors (Lipinski definition) is 4. The molecule has 0 aliphatic carbocycles. The minimum Gasteiger partial charge on any atom is -0.382 e. The van der Waals surface area contributed by atoms with Gasteiger partial charge in [-0.2, -0.15) is 0 Å². The standard InChI is InChI=1S/C20H20FN3O2/c21-13-3-8-19-17(10-13)18(20(25)24-19)12-23-15-6-4-14(5-7-15)22-11-16-2-1-9-26-16/h3-8,10,12,16,22-23H,1-2,9,11H2,(H,24,25)/b18-12+. The van der Waals surface area contributed by atoms with Gasteiger partial charge >= 0.3 is 0 Å². The highest BCUT2D eigenvalue weighted by Gasteiger charge is 2.24. The number of benzene rings is 2. The minimum absolute atomic E-state index is 0.243. The molecule has 0 saturated carbocycles. The smallest absolute Gasteiger partial charge is 0.257 e. The van der Waals surface area contributed by atoms with Crippen molar-refractivity contribution in [2.75, 3.05) is 29.1 Å². The number of anilines is 3. The van der Waals surface area contributed by atoms with Gasteiger partial charge in [-0.25, -0.2) is 4.39 Å². The first-order valence-corrected chi connectivity index (χ1v) is 8.72. The predicted octanol–water partition coefficient (Wildman–Crippen LogP) is 3.82. The molecule has 6 heteroatoms. The molecule has 5 nitrogen and oxygen atoms in total. The van der Waals surface area contributed by atoms with Crippen LogP contribution in [0.2, 0.25) is 0 Å². The molecule has 26 heavy (non-hydrogen) atoms. The second-order valence-corrected chi connectivity index (χ2v) is 6.44. The zero-order chi connectivity index (χ0) is 17.9. The maximum absolute atomic E-state index is 13.5. The van der Waals surface area contributed by atoms with Crippen LogP contribution < -0.4 is 16.0 Å². The molecule has 1 atom stereocenters. The van der Waals surface area contributed by atoms with E-state index in [1.807, 2.05) is 24.3 Å². The van der Waals surface area contributed by atoms with E-state index in [1.54, 1.807) is 12.3 Å². The Morgan fingerprint density at radius 2 is 2.00 bits per heavy atom. The first-order valence-electron chi connectivity index (χ1n) is 8.72. The summed E-state index contributed by atoms with van der Waals surface area (Å²) in [6, 6.07) is 12.0. The molecule has 134 valence electrons. The van der Waals surface area contributed by atoms with Gasteiger partial charge in [-0.05, 0) is 55.3 Å². The summed E-state index contributed by atoms with van der Waals surface area (Å²) in [7, 11) is 0. The van der Waals surface area contributed by atoms with Gasteiger partial charge in [-0.3, -0.25) is 4.79 Å². The number of hydrogen-bond donors (Lipinski definition) is 3. The molecular formula is C20H20FN3O2. The van der Waals surface area contributed by atoms with E-state index in [1.165, 1.54) is 12.1 Å². The van der Waals surface area contributed by atoms with E-state index in [4.69, 9.17) is 4.74 Å². The third-order valence-electron chi connectivity index (χ3n) is 4.59. The number of fused-ring (bicyclic) bond motifs is 1. The number of carbonyl (C=O) groups excluding carboxylic acids is 1. The van der Waals surface area contributed by atoms with Crippen LogP contribution in [0.3, 0.4) is 0 Å². The Morgan fingerprint density at radius 3 is 2.77 bits per heavy atom. The lowest BCUT2D eigenvalue weighted by Gasteiger charge is -2.12. The van der Waals surface area contributed by atoms with Crippen molar-refractivity contribution in [2.24, 2.45) is 0 Å². The van der Waals surface area contributed by atoms with Gasteiger partial charge in [0.15, 0.2) is 0 Å². The van der Waals surface area contributed by atoms with Gasteiger partial charge in [0.1, 0.15) is 5.82 Å². The number of rotatable bonds is 5. The number of nitrogens with one attached hydrogen (secondary N) is 3. The lowest BCUT2D eigenvalue weighted by atomic mass is 10.1. The molecule has 1 amide bonds. The lowest BCUT2D eigenvalue weighted by molar-refractivity contribution is -0.110. The summed E-state index contributed by atoms with van der Waals surface area (Å²) in [5.41, 5.74) is 3.47. The Hall–Kier alpha value is -2.86. The fourth-order valence-electron chi connectivity index (χ4n) is 3.18. The first-order chi connectivity index (χ1) is 12.7. The van der Waals surface area contributed by atoms with Gasteiger partial charge in [-0.1, -0.05) is 0 Å². The van der Waals surface area contributed by atoms with Crippen molar-refractivity contribution < 1.29 is 13.9 Å². The van der Waals surface area contributed by atoms with Gasteiger partial charge < -0.3 is 20.7 Å². The normalized spacial score (nSPS) is 20.1. The number of amides is 1. The summed E-state index contributed by atoms with van der Waals surface area (Å²) in [6.45, 7) is 1.66. The average molecular weight is 353 g/mol. The Labute approximate surface area is 151 Å². The highest BCUT2D eigenvalue weighted by Crippen LogP contribution is 2.32. The van der Waals surface area contributed by atoms with Crippen LogP contribution in [0.1, 0.15) is 18.4 Å². The Bertz CT molecular complexity index is 843. The van der Waals surface area contributed by atoms with Crippen LogP contribution in [0.25, 0.3) is 5.57 Å². The van der Waals surface area contributed by atoms with Crippen LogP contribution in [0.5, 0.6) is 0 Å². The summed E-state index contributed by atoms with van der Waals surface area (Å²) in [6.07, 6.45) is 4.13. The molecule has 1 fully saturated rings. The number of ether oxygens (including phenoxy) is 1. The largest absolute Gasteiger partial charge is 0.382 e. The molecule has 3 N–H and O–H groups in total. The van der Waals surface area contributed by atoms with Crippen molar-refractivity contribution in [3.8, 4) is 0 Å². The molecule has 2 aromatic rings. The van der Waals surface area contributed by atoms with E-state index in [2.05, 4.69) is 16.0 Å². The molecule has 2 aliphatic rings. The highest BCUT2D eigenvalue weighted by molar-refractivity contribution is 6.31. The van der Waals surface area contributed by atoms with E-state index in [0.29, 0.717) is 22.9 Å². The molecule has 0 radical (unpaired) electrons. The SMILES string of the molecule is O=C1Nc2ccc(F)cc2/C1=C\Nc1ccc(NCC2CCCO2)cc1. The van der Waals surface area contributed by atoms with Crippen molar-refractivity contribution in [1.29, 1.82) is 0 Å². The van der Waals surface area contributed by atoms with Crippen molar-refractivity contribution in [2.45, 2.75) is 18.9 Å². The van der Waals surface area contributed by atoms with Gasteiger partial charge in [0.25, 0.3) is 5.91 Å². The van der Waals surface area contributed by atoms with Crippen molar-refractivity contribution in [1.82, 2.24) is 0 Å². The number of carbonyl (C=O) groups is 1. The molecule has 1 saturated heterocycles. The molecule has 0 spiro atoms. The fraction of sp³-hybridized carbons (Fsp3) is 0.250. The van der Waals surface area contributed by atoms with Crippen molar-refractivity contribution in [3.63, 3.8) is 0 Å². The summed E-state index contributed by atoms with van der Waals surface area (Å²) in [5.74, 6) is -0.610. The van der Waals surface area contributed by atoms with Gasteiger partial charge in [0, 0.05) is 42.0 Å². The van der Waals surface area contributed by atoms with E-state index < -0.39 is 0 Å².